The zero-order chi connectivity index (χ0) is 29.5. The molecule has 0 unspecified atom stereocenters. The van der Waals surface area contributed by atoms with Crippen molar-refractivity contribution in [2.75, 3.05) is 18.4 Å². The van der Waals surface area contributed by atoms with E-state index in [1.807, 2.05) is 30.3 Å². The number of hydrogen-bond acceptors (Lipinski definition) is 7. The Hall–Kier alpha value is -5.10. The maximum atomic E-state index is 13.3. The van der Waals surface area contributed by atoms with Gasteiger partial charge in [0, 0.05) is 18.0 Å². The zero-order valence-electron chi connectivity index (χ0n) is 22.3. The van der Waals surface area contributed by atoms with E-state index in [1.54, 1.807) is 36.4 Å². The first-order chi connectivity index (χ1) is 20.4. The third-order valence-electron chi connectivity index (χ3n) is 6.64. The molecule has 0 bridgehead atoms. The van der Waals surface area contributed by atoms with E-state index in [2.05, 4.69) is 36.8 Å². The van der Waals surface area contributed by atoms with E-state index in [9.17, 15) is 19.2 Å². The van der Waals surface area contributed by atoms with Gasteiger partial charge in [-0.15, -0.1) is 5.10 Å². The van der Waals surface area contributed by atoms with E-state index in [1.165, 1.54) is 11.0 Å². The van der Waals surface area contributed by atoms with Crippen molar-refractivity contribution >= 4 is 40.9 Å². The van der Waals surface area contributed by atoms with Crippen molar-refractivity contribution in [3.8, 4) is 5.69 Å². The summed E-state index contributed by atoms with van der Waals surface area (Å²) in [7, 11) is 0. The molecule has 0 aliphatic carbocycles. The maximum Gasteiger partial charge on any atom is 0.253 e. The van der Waals surface area contributed by atoms with Crippen LogP contribution in [0.2, 0.25) is 5.02 Å². The van der Waals surface area contributed by atoms with Crippen LogP contribution in [0.15, 0.2) is 73.1 Å². The number of nitrogens with zero attached hydrogens (tertiary/aromatic N) is 4. The van der Waals surface area contributed by atoms with Gasteiger partial charge >= 0.3 is 0 Å². The largest absolute Gasteiger partial charge is 0.354 e. The number of rotatable bonds is 10. The first-order valence-electron chi connectivity index (χ1n) is 13.2. The Balaban J connectivity index is 1.26. The Morgan fingerprint density at radius 3 is 2.64 bits per heavy atom. The first kappa shape index (κ1) is 28.4. The van der Waals surface area contributed by atoms with Gasteiger partial charge in [0.05, 0.1) is 29.9 Å². The molecule has 4 aromatic rings. The van der Waals surface area contributed by atoms with Gasteiger partial charge in [-0.05, 0) is 63.9 Å². The number of benzene rings is 3. The van der Waals surface area contributed by atoms with Crippen molar-refractivity contribution in [2.45, 2.75) is 25.3 Å². The lowest BCUT2D eigenvalue weighted by Gasteiger charge is -2.19. The summed E-state index contributed by atoms with van der Waals surface area (Å²) in [5, 5.41) is 22.8. The van der Waals surface area contributed by atoms with Crippen LogP contribution in [0.4, 0.5) is 5.69 Å². The molecule has 1 atom stereocenters. The van der Waals surface area contributed by atoms with Crippen molar-refractivity contribution in [3.63, 3.8) is 0 Å². The van der Waals surface area contributed by atoms with Crippen LogP contribution in [-0.4, -0.2) is 63.0 Å². The molecule has 0 radical (unpaired) electrons. The molecule has 3 aromatic carbocycles. The van der Waals surface area contributed by atoms with Crippen LogP contribution in [0.3, 0.4) is 0 Å². The molecule has 2 heterocycles. The molecule has 12 nitrogen and oxygen atoms in total. The van der Waals surface area contributed by atoms with Crippen LogP contribution in [0.25, 0.3) is 5.69 Å². The highest BCUT2D eigenvalue weighted by Crippen LogP contribution is 2.21. The van der Waals surface area contributed by atoms with Gasteiger partial charge in [-0.25, -0.2) is 4.68 Å². The predicted molar refractivity (Wildman–Crippen MR) is 154 cm³/mol. The molecule has 1 aromatic heterocycles. The number of carbonyl (C=O) groups is 4. The van der Waals surface area contributed by atoms with Crippen LogP contribution in [0.5, 0.6) is 0 Å². The van der Waals surface area contributed by atoms with Gasteiger partial charge in [0.2, 0.25) is 17.7 Å². The SMILES string of the molecule is O=C1CNC(=O)c2ccc(CC(=O)N[C@@H](Cc3ccccc3)C(=O)NCCc3cc(Cl)ccc3-n3cnnn3)cc2N1. The molecule has 1 aliphatic rings. The Morgan fingerprint density at radius 1 is 1.02 bits per heavy atom. The fourth-order valence-corrected chi connectivity index (χ4v) is 4.83. The molecule has 5 rings (SSSR count). The van der Waals surface area contributed by atoms with E-state index in [4.69, 9.17) is 11.6 Å². The fraction of sp³-hybridized carbons (Fsp3) is 0.207. The summed E-state index contributed by atoms with van der Waals surface area (Å²) in [6.07, 6.45) is 2.15. The molecule has 0 saturated heterocycles. The van der Waals surface area contributed by atoms with E-state index < -0.39 is 6.04 Å². The highest BCUT2D eigenvalue weighted by Gasteiger charge is 2.23. The number of nitrogens with one attached hydrogen (secondary N) is 4. The number of fused-ring (bicyclic) bond motifs is 1. The summed E-state index contributed by atoms with van der Waals surface area (Å²) in [6, 6.07) is 18.7. The van der Waals surface area contributed by atoms with Crippen LogP contribution < -0.4 is 21.3 Å². The van der Waals surface area contributed by atoms with E-state index in [0.717, 1.165) is 16.8 Å². The van der Waals surface area contributed by atoms with Crippen LogP contribution in [0.1, 0.15) is 27.0 Å². The van der Waals surface area contributed by atoms with Crippen molar-refractivity contribution < 1.29 is 19.2 Å². The van der Waals surface area contributed by atoms with Crippen molar-refractivity contribution in [1.29, 1.82) is 0 Å². The number of carbonyl (C=O) groups excluding carboxylic acids is 4. The van der Waals surface area contributed by atoms with Crippen LogP contribution in [-0.2, 0) is 33.6 Å². The smallest absolute Gasteiger partial charge is 0.253 e. The fourth-order valence-electron chi connectivity index (χ4n) is 4.64. The molecular weight excluding hydrogens is 560 g/mol. The van der Waals surface area contributed by atoms with Gasteiger partial charge in [-0.2, -0.15) is 0 Å². The summed E-state index contributed by atoms with van der Waals surface area (Å²) < 4.78 is 1.52. The van der Waals surface area contributed by atoms with Gasteiger partial charge in [0.25, 0.3) is 5.91 Å². The topological polar surface area (TPSA) is 160 Å². The summed E-state index contributed by atoms with van der Waals surface area (Å²) in [6.45, 7) is 0.151. The van der Waals surface area contributed by atoms with E-state index in [0.29, 0.717) is 28.3 Å². The predicted octanol–water partition coefficient (Wildman–Crippen LogP) is 1.63. The number of aromatic nitrogens is 4. The molecule has 0 spiro atoms. The van der Waals surface area contributed by atoms with Gasteiger partial charge < -0.3 is 21.3 Å². The molecule has 4 amide bonds. The lowest BCUT2D eigenvalue weighted by atomic mass is 10.0. The second-order valence-corrected chi connectivity index (χ2v) is 10.1. The van der Waals surface area contributed by atoms with Gasteiger partial charge in [0.15, 0.2) is 0 Å². The lowest BCUT2D eigenvalue weighted by molar-refractivity contribution is -0.128. The minimum atomic E-state index is -0.843. The molecule has 0 fully saturated rings. The highest BCUT2D eigenvalue weighted by molar-refractivity contribution is 6.30. The van der Waals surface area contributed by atoms with Gasteiger partial charge in [-0.3, -0.25) is 19.2 Å². The molecule has 0 saturated carbocycles. The Bertz CT molecular complexity index is 1610. The summed E-state index contributed by atoms with van der Waals surface area (Å²) >= 11 is 6.21. The van der Waals surface area contributed by atoms with Crippen molar-refractivity contribution in [1.82, 2.24) is 36.2 Å². The number of amides is 4. The Morgan fingerprint density at radius 2 is 1.86 bits per heavy atom. The van der Waals surface area contributed by atoms with Gasteiger partial charge in [-0.1, -0.05) is 48.0 Å². The minimum absolute atomic E-state index is 0.0544. The molecule has 42 heavy (non-hydrogen) atoms. The monoisotopic (exact) mass is 586 g/mol. The first-order valence-corrected chi connectivity index (χ1v) is 13.6. The number of tetrazole rings is 1. The average Bonchev–Trinajstić information content (AvgIpc) is 3.46. The Kier molecular flexibility index (Phi) is 8.83. The summed E-state index contributed by atoms with van der Waals surface area (Å²) in [5.41, 5.74) is 3.68. The second kappa shape index (κ2) is 13.0. The number of halogens is 1. The number of anilines is 1. The lowest BCUT2D eigenvalue weighted by Crippen LogP contribution is -2.48. The molecule has 1 aliphatic heterocycles. The molecule has 4 N–H and O–H groups in total. The standard InChI is InChI=1S/C29H27ClN8O4/c30-21-7-9-25(38-17-33-36-37-38)20(15-21)10-11-31-29(42)24(12-18-4-2-1-3-5-18)35-26(39)14-19-6-8-22-23(13-19)34-27(40)16-32-28(22)41/h1-9,13,15,17,24H,10-12,14,16H2,(H,31,42)(H,32,41)(H,34,40)(H,35,39)/t24-/m0/s1. The van der Waals surface area contributed by atoms with Crippen molar-refractivity contribution in [3.05, 3.63) is 100 Å². The quantitative estimate of drug-likeness (QED) is 0.220. The number of hydrogen-bond donors (Lipinski definition) is 4. The van der Waals surface area contributed by atoms with Crippen molar-refractivity contribution in [2.24, 2.45) is 0 Å². The minimum Gasteiger partial charge on any atom is -0.354 e. The Labute approximate surface area is 245 Å². The average molecular weight is 587 g/mol. The third kappa shape index (κ3) is 7.15. The van der Waals surface area contributed by atoms with Crippen LogP contribution in [0, 0.1) is 0 Å². The maximum absolute atomic E-state index is 13.3. The second-order valence-electron chi connectivity index (χ2n) is 9.67. The molecule has 214 valence electrons. The van der Waals surface area contributed by atoms with E-state index in [-0.39, 0.29) is 49.6 Å². The normalized spacial score (nSPS) is 13.3. The third-order valence-corrected chi connectivity index (χ3v) is 6.88. The van der Waals surface area contributed by atoms with Gasteiger partial charge in [0.1, 0.15) is 12.4 Å². The highest BCUT2D eigenvalue weighted by atomic mass is 35.5. The van der Waals surface area contributed by atoms with Crippen LogP contribution >= 0.6 is 11.6 Å². The van der Waals surface area contributed by atoms with E-state index >= 15 is 0 Å². The zero-order valence-corrected chi connectivity index (χ0v) is 23.1. The molecule has 13 heteroatoms. The summed E-state index contributed by atoms with van der Waals surface area (Å²) in [5.74, 6) is -1.46. The molecular formula is C29H27ClN8O4. The summed E-state index contributed by atoms with van der Waals surface area (Å²) in [4.78, 5) is 50.6.